The summed E-state index contributed by atoms with van der Waals surface area (Å²) in [5.74, 6) is 0. The molecule has 0 aromatic heterocycles. The molecule has 0 aliphatic carbocycles. The summed E-state index contributed by atoms with van der Waals surface area (Å²) in [6, 6.07) is 8.10. The van der Waals surface area contributed by atoms with Crippen LogP contribution in [0.4, 0.5) is 0 Å². The van der Waals surface area contributed by atoms with Crippen molar-refractivity contribution in [2.24, 2.45) is 0 Å². The third kappa shape index (κ3) is 1.10. The smallest absolute Gasteiger partial charge is 0.125 e. The Morgan fingerprint density at radius 2 is 1.85 bits per heavy atom. The topological polar surface area (TPSA) is 17.1 Å². The summed E-state index contributed by atoms with van der Waals surface area (Å²) >= 11 is 0. The Balaban J connectivity index is 2.52. The Hall–Kier alpha value is -0.550. The highest BCUT2D eigenvalue weighted by molar-refractivity contribution is 7.74. The van der Waals surface area contributed by atoms with Crippen LogP contribution < -0.4 is 5.30 Å². The van der Waals surface area contributed by atoms with Crippen molar-refractivity contribution in [3.63, 3.8) is 0 Å². The van der Waals surface area contributed by atoms with E-state index in [9.17, 15) is 4.57 Å². The molecule has 0 bridgehead atoms. The molecule has 0 spiro atoms. The minimum Gasteiger partial charge on any atom is -0.318 e. The maximum atomic E-state index is 12.5. The molecule has 70 valence electrons. The molecule has 1 atom stereocenters. The first-order valence-corrected chi connectivity index (χ1v) is 6.52. The van der Waals surface area contributed by atoms with Crippen LogP contribution in [0.1, 0.15) is 26.3 Å². The van der Waals surface area contributed by atoms with Crippen molar-refractivity contribution in [2.45, 2.75) is 32.1 Å². The molecule has 1 aromatic rings. The summed E-state index contributed by atoms with van der Waals surface area (Å²) in [5.41, 5.74) is 1.28. The van der Waals surface area contributed by atoms with E-state index >= 15 is 0 Å². The quantitative estimate of drug-likeness (QED) is 0.580. The Labute approximate surface area is 79.5 Å². The van der Waals surface area contributed by atoms with Crippen LogP contribution in [0.5, 0.6) is 0 Å². The van der Waals surface area contributed by atoms with Crippen LogP contribution >= 0.6 is 7.14 Å². The summed E-state index contributed by atoms with van der Waals surface area (Å²) < 4.78 is 12.5. The van der Waals surface area contributed by atoms with E-state index < -0.39 is 7.14 Å². The van der Waals surface area contributed by atoms with Crippen LogP contribution in [0.3, 0.4) is 0 Å². The van der Waals surface area contributed by atoms with Gasteiger partial charge in [0.1, 0.15) is 7.14 Å². The molecule has 0 saturated heterocycles. The Morgan fingerprint density at radius 1 is 1.23 bits per heavy atom. The third-order valence-electron chi connectivity index (χ3n) is 2.86. The van der Waals surface area contributed by atoms with E-state index in [1.54, 1.807) is 0 Å². The fraction of sp³-hybridized carbons (Fsp3) is 0.455. The van der Waals surface area contributed by atoms with Gasteiger partial charge in [-0.1, -0.05) is 45.0 Å². The highest BCUT2D eigenvalue weighted by atomic mass is 31.2. The highest BCUT2D eigenvalue weighted by Crippen LogP contribution is 2.65. The highest BCUT2D eigenvalue weighted by Gasteiger charge is 2.46. The lowest BCUT2D eigenvalue weighted by Crippen LogP contribution is -2.34. The third-order valence-corrected chi connectivity index (χ3v) is 7.03. The Bertz CT molecular complexity index is 387. The molecule has 0 radical (unpaired) electrons. The van der Waals surface area contributed by atoms with Gasteiger partial charge in [-0.15, -0.1) is 0 Å². The van der Waals surface area contributed by atoms with E-state index in [0.717, 1.165) is 11.5 Å². The maximum absolute atomic E-state index is 12.5. The van der Waals surface area contributed by atoms with Gasteiger partial charge < -0.3 is 4.57 Å². The largest absolute Gasteiger partial charge is 0.318 e. The number of rotatable bonds is 0. The van der Waals surface area contributed by atoms with E-state index in [1.807, 2.05) is 18.2 Å². The second-order valence-corrected chi connectivity index (χ2v) is 8.32. The second-order valence-electron chi connectivity index (χ2n) is 4.70. The molecule has 13 heavy (non-hydrogen) atoms. The van der Waals surface area contributed by atoms with Crippen molar-refractivity contribution in [3.05, 3.63) is 29.8 Å². The van der Waals surface area contributed by atoms with Gasteiger partial charge in [-0.2, -0.15) is 0 Å². The summed E-state index contributed by atoms with van der Waals surface area (Å²) in [7, 11) is -2.07. The Kier molecular flexibility index (Phi) is 1.72. The van der Waals surface area contributed by atoms with Gasteiger partial charge in [0.2, 0.25) is 0 Å². The predicted octanol–water partition coefficient (Wildman–Crippen LogP) is 2.99. The number of benzene rings is 1. The molecule has 1 aliphatic rings. The van der Waals surface area contributed by atoms with E-state index in [1.165, 1.54) is 5.56 Å². The molecule has 1 aromatic carbocycles. The molecule has 1 unspecified atom stereocenters. The predicted molar refractivity (Wildman–Crippen MR) is 57.1 cm³/mol. The number of hydrogen-bond donors (Lipinski definition) is 0. The fourth-order valence-corrected chi connectivity index (χ4v) is 4.63. The standard InChI is InChI=1S/C11H15OP/c1-11(2,3)13(12)8-9-6-4-5-7-10(9)13/h4-7H,8H2,1-3H3. The zero-order valence-electron chi connectivity index (χ0n) is 8.37. The van der Waals surface area contributed by atoms with Crippen LogP contribution in [-0.2, 0) is 10.7 Å². The summed E-state index contributed by atoms with van der Waals surface area (Å²) in [4.78, 5) is 0. The molecule has 2 heteroatoms. The summed E-state index contributed by atoms with van der Waals surface area (Å²) in [5, 5.41) is 1.05. The van der Waals surface area contributed by atoms with E-state index in [4.69, 9.17) is 0 Å². The molecule has 1 aliphatic heterocycles. The Morgan fingerprint density at radius 3 is 2.38 bits per heavy atom. The molecule has 0 N–H and O–H groups in total. The first-order chi connectivity index (χ1) is 5.95. The van der Waals surface area contributed by atoms with Crippen molar-refractivity contribution in [1.29, 1.82) is 0 Å². The normalized spacial score (nSPS) is 26.4. The molecular weight excluding hydrogens is 179 g/mol. The van der Waals surface area contributed by atoms with Gasteiger partial charge in [-0.3, -0.25) is 0 Å². The first kappa shape index (κ1) is 9.02. The number of fused-ring (bicyclic) bond motifs is 1. The van der Waals surface area contributed by atoms with Gasteiger partial charge in [0.15, 0.2) is 0 Å². The molecule has 0 saturated carbocycles. The molecule has 0 fully saturated rings. The van der Waals surface area contributed by atoms with Crippen LogP contribution in [0.15, 0.2) is 24.3 Å². The first-order valence-electron chi connectivity index (χ1n) is 4.63. The summed E-state index contributed by atoms with van der Waals surface area (Å²) in [6.07, 6.45) is 0.798. The lowest BCUT2D eigenvalue weighted by molar-refractivity contribution is 0.551. The zero-order valence-corrected chi connectivity index (χ0v) is 9.27. The van der Waals surface area contributed by atoms with Gasteiger partial charge in [-0.05, 0) is 5.56 Å². The average molecular weight is 194 g/mol. The molecule has 1 heterocycles. The SMILES string of the molecule is CC(C)(C)P1(=O)Cc2ccccc21. The van der Waals surface area contributed by atoms with Gasteiger partial charge in [-0.25, -0.2) is 0 Å². The molecule has 2 rings (SSSR count). The minimum atomic E-state index is -2.07. The van der Waals surface area contributed by atoms with Gasteiger partial charge >= 0.3 is 0 Å². The molecule has 0 amide bonds. The average Bonchev–Trinajstić information content (AvgIpc) is 2.00. The van der Waals surface area contributed by atoms with Crippen LogP contribution in [0.25, 0.3) is 0 Å². The van der Waals surface area contributed by atoms with Crippen molar-refractivity contribution in [2.75, 3.05) is 0 Å². The van der Waals surface area contributed by atoms with Gasteiger partial charge in [0.25, 0.3) is 0 Å². The minimum absolute atomic E-state index is 0.0681. The number of hydrogen-bond acceptors (Lipinski definition) is 1. The zero-order chi connectivity index (χ0) is 9.69. The van der Waals surface area contributed by atoms with Crippen LogP contribution in [-0.4, -0.2) is 5.16 Å². The van der Waals surface area contributed by atoms with E-state index in [2.05, 4.69) is 26.8 Å². The lowest BCUT2D eigenvalue weighted by atomic mass is 10.2. The summed E-state index contributed by atoms with van der Waals surface area (Å²) in [6.45, 7) is 6.22. The monoisotopic (exact) mass is 194 g/mol. The fourth-order valence-electron chi connectivity index (χ4n) is 1.83. The van der Waals surface area contributed by atoms with Crippen LogP contribution in [0, 0.1) is 0 Å². The lowest BCUT2D eigenvalue weighted by Gasteiger charge is -2.40. The van der Waals surface area contributed by atoms with Crippen molar-refractivity contribution in [1.82, 2.24) is 0 Å². The van der Waals surface area contributed by atoms with Crippen molar-refractivity contribution >= 4 is 12.4 Å². The van der Waals surface area contributed by atoms with Crippen molar-refractivity contribution < 1.29 is 4.57 Å². The second kappa shape index (κ2) is 2.48. The van der Waals surface area contributed by atoms with Gasteiger partial charge in [0.05, 0.1) is 0 Å². The molecule has 1 nitrogen and oxygen atoms in total. The van der Waals surface area contributed by atoms with Crippen LogP contribution in [0.2, 0.25) is 0 Å². The maximum Gasteiger partial charge on any atom is 0.125 e. The van der Waals surface area contributed by atoms with Crippen molar-refractivity contribution in [3.8, 4) is 0 Å². The molecular formula is C11H15OP. The van der Waals surface area contributed by atoms with E-state index in [-0.39, 0.29) is 5.16 Å². The van der Waals surface area contributed by atoms with Gasteiger partial charge in [0, 0.05) is 16.6 Å². The van der Waals surface area contributed by atoms with E-state index in [0.29, 0.717) is 0 Å².